The van der Waals surface area contributed by atoms with Gasteiger partial charge < -0.3 is 9.64 Å². The van der Waals surface area contributed by atoms with Crippen molar-refractivity contribution in [2.75, 3.05) is 7.11 Å². The van der Waals surface area contributed by atoms with Crippen LogP contribution in [0.2, 0.25) is 0 Å². The molecule has 0 amide bonds. The monoisotopic (exact) mass is 382 g/mol. The number of allylic oxidation sites excluding steroid dienone is 10. The van der Waals surface area contributed by atoms with Gasteiger partial charge in [0.05, 0.1) is 7.11 Å². The van der Waals surface area contributed by atoms with Crippen molar-refractivity contribution in [3.05, 3.63) is 94.5 Å². The summed E-state index contributed by atoms with van der Waals surface area (Å²) in [6.07, 6.45) is 15.9. The van der Waals surface area contributed by atoms with Gasteiger partial charge in [0.2, 0.25) is 0 Å². The van der Waals surface area contributed by atoms with E-state index < -0.39 is 0 Å². The van der Waals surface area contributed by atoms with Gasteiger partial charge in [0, 0.05) is 11.9 Å². The van der Waals surface area contributed by atoms with Crippen LogP contribution in [0.3, 0.4) is 0 Å². The van der Waals surface area contributed by atoms with Crippen molar-refractivity contribution in [2.24, 2.45) is 5.92 Å². The van der Waals surface area contributed by atoms with E-state index in [-0.39, 0.29) is 0 Å². The quantitative estimate of drug-likeness (QED) is 0.615. The Kier molecular flexibility index (Phi) is 5.27. The third-order valence-corrected chi connectivity index (χ3v) is 5.95. The first-order chi connectivity index (χ1) is 14.2. The molecule has 1 atom stereocenters. The topological polar surface area (TPSA) is 36.3 Å². The van der Waals surface area contributed by atoms with E-state index in [4.69, 9.17) is 4.74 Å². The lowest BCUT2D eigenvalue weighted by Gasteiger charge is -2.32. The van der Waals surface area contributed by atoms with E-state index in [0.717, 1.165) is 36.3 Å². The zero-order valence-electron chi connectivity index (χ0n) is 17.3. The van der Waals surface area contributed by atoms with Gasteiger partial charge in [0.15, 0.2) is 0 Å². The second-order valence-corrected chi connectivity index (χ2v) is 7.66. The molecule has 0 saturated heterocycles. The molecule has 146 valence electrons. The Morgan fingerprint density at radius 3 is 2.86 bits per heavy atom. The summed E-state index contributed by atoms with van der Waals surface area (Å²) in [5.41, 5.74) is 8.02. The van der Waals surface area contributed by atoms with Gasteiger partial charge in [-0.25, -0.2) is 0 Å². The number of hydrogen-bond donors (Lipinski definition) is 0. The van der Waals surface area contributed by atoms with E-state index in [0.29, 0.717) is 11.6 Å². The molecular formula is C26H26N2O. The maximum absolute atomic E-state index is 9.60. The number of rotatable bonds is 4. The molecule has 3 aliphatic rings. The highest BCUT2D eigenvalue weighted by Gasteiger charge is 2.26. The van der Waals surface area contributed by atoms with Gasteiger partial charge in [0.25, 0.3) is 0 Å². The van der Waals surface area contributed by atoms with Crippen molar-refractivity contribution in [3.63, 3.8) is 0 Å². The maximum atomic E-state index is 9.60. The fourth-order valence-electron chi connectivity index (χ4n) is 4.34. The zero-order valence-corrected chi connectivity index (χ0v) is 17.3. The Hall–Kier alpha value is -3.25. The van der Waals surface area contributed by atoms with Crippen LogP contribution < -0.4 is 4.74 Å². The minimum Gasteiger partial charge on any atom is -0.497 e. The Morgan fingerprint density at radius 2 is 2.10 bits per heavy atom. The van der Waals surface area contributed by atoms with Gasteiger partial charge in [-0.2, -0.15) is 5.26 Å². The molecule has 0 saturated carbocycles. The normalized spacial score (nSPS) is 20.9. The fraction of sp³-hybridized carbons (Fsp3) is 0.269. The highest BCUT2D eigenvalue weighted by atomic mass is 16.5. The minimum atomic E-state index is 0.461. The number of methoxy groups -OCH3 is 1. The van der Waals surface area contributed by atoms with Crippen molar-refractivity contribution < 1.29 is 4.74 Å². The smallest absolute Gasteiger partial charge is 0.121 e. The third-order valence-electron chi connectivity index (χ3n) is 5.95. The number of fused-ring (bicyclic) bond motifs is 1. The molecule has 1 aromatic carbocycles. The van der Waals surface area contributed by atoms with Gasteiger partial charge >= 0.3 is 0 Å². The number of ether oxygens (including phenoxy) is 1. The van der Waals surface area contributed by atoms with E-state index >= 15 is 0 Å². The highest BCUT2D eigenvalue weighted by Crippen LogP contribution is 2.41. The van der Waals surface area contributed by atoms with Crippen LogP contribution in [-0.4, -0.2) is 12.0 Å². The molecule has 3 nitrogen and oxygen atoms in total. The zero-order chi connectivity index (χ0) is 20.4. The molecule has 0 fully saturated rings. The second kappa shape index (κ2) is 8.01. The molecule has 4 rings (SSSR count). The van der Waals surface area contributed by atoms with Crippen molar-refractivity contribution in [1.82, 2.24) is 4.90 Å². The SMILES string of the molecule is CCC1CC=CC(C2=CN3C(C#N)=CCC(C)=C3C=C2)=C1c1cccc(OC)c1. The molecule has 1 aromatic rings. The average molecular weight is 383 g/mol. The van der Waals surface area contributed by atoms with Crippen LogP contribution in [0.15, 0.2) is 89.0 Å². The summed E-state index contributed by atoms with van der Waals surface area (Å²) in [7, 11) is 1.71. The second-order valence-electron chi connectivity index (χ2n) is 7.66. The van der Waals surface area contributed by atoms with Crippen LogP contribution in [0.1, 0.15) is 38.7 Å². The van der Waals surface area contributed by atoms with E-state index in [1.807, 2.05) is 17.0 Å². The van der Waals surface area contributed by atoms with E-state index in [1.54, 1.807) is 7.11 Å². The van der Waals surface area contributed by atoms with Crippen molar-refractivity contribution in [3.8, 4) is 11.8 Å². The predicted octanol–water partition coefficient (Wildman–Crippen LogP) is 6.28. The van der Waals surface area contributed by atoms with Crippen LogP contribution in [-0.2, 0) is 0 Å². The highest BCUT2D eigenvalue weighted by molar-refractivity contribution is 5.80. The molecule has 0 aromatic heterocycles. The molecule has 0 spiro atoms. The van der Waals surface area contributed by atoms with Crippen LogP contribution >= 0.6 is 0 Å². The average Bonchev–Trinajstić information content (AvgIpc) is 2.78. The molecule has 1 aliphatic carbocycles. The van der Waals surface area contributed by atoms with E-state index in [2.05, 4.69) is 68.6 Å². The predicted molar refractivity (Wildman–Crippen MR) is 118 cm³/mol. The largest absolute Gasteiger partial charge is 0.497 e. The fourth-order valence-corrected chi connectivity index (χ4v) is 4.34. The summed E-state index contributed by atoms with van der Waals surface area (Å²) >= 11 is 0. The molecule has 2 heterocycles. The number of nitrogens with zero attached hydrogens (tertiary/aromatic N) is 2. The third kappa shape index (κ3) is 3.47. The molecular weight excluding hydrogens is 356 g/mol. The minimum absolute atomic E-state index is 0.461. The Labute approximate surface area is 173 Å². The standard InChI is InChI=1S/C26H26N2O/c1-4-19-7-6-10-24(26(19)20-8-5-9-23(15-20)29-3)21-12-14-25-18(2)11-13-22(16-27)28(25)17-21/h5-6,8-10,12-15,17,19H,4,7,11H2,1-3H3. The van der Waals surface area contributed by atoms with Crippen LogP contribution in [0, 0.1) is 17.2 Å². The van der Waals surface area contributed by atoms with Crippen LogP contribution in [0.5, 0.6) is 5.75 Å². The van der Waals surface area contributed by atoms with E-state index in [1.165, 1.54) is 22.3 Å². The first-order valence-corrected chi connectivity index (χ1v) is 10.2. The summed E-state index contributed by atoms with van der Waals surface area (Å²) < 4.78 is 5.48. The molecule has 29 heavy (non-hydrogen) atoms. The molecule has 0 bridgehead atoms. The summed E-state index contributed by atoms with van der Waals surface area (Å²) in [6, 6.07) is 10.7. The first-order valence-electron chi connectivity index (χ1n) is 10.2. The van der Waals surface area contributed by atoms with Gasteiger partial charge in [0.1, 0.15) is 17.5 Å². The Balaban J connectivity index is 1.86. The van der Waals surface area contributed by atoms with Gasteiger partial charge in [-0.15, -0.1) is 0 Å². The first kappa shape index (κ1) is 19.1. The lowest BCUT2D eigenvalue weighted by atomic mass is 9.78. The van der Waals surface area contributed by atoms with Crippen LogP contribution in [0.25, 0.3) is 5.57 Å². The lowest BCUT2D eigenvalue weighted by molar-refractivity contribution is 0.414. The number of nitriles is 1. The van der Waals surface area contributed by atoms with Gasteiger partial charge in [-0.1, -0.05) is 37.3 Å². The Bertz CT molecular complexity index is 1060. The number of benzene rings is 1. The van der Waals surface area contributed by atoms with Crippen molar-refractivity contribution in [2.45, 2.75) is 33.1 Å². The Morgan fingerprint density at radius 1 is 1.24 bits per heavy atom. The van der Waals surface area contributed by atoms with Crippen molar-refractivity contribution in [1.29, 1.82) is 5.26 Å². The molecule has 0 radical (unpaired) electrons. The van der Waals surface area contributed by atoms with Gasteiger partial charge in [-0.05, 0) is 84.2 Å². The lowest BCUT2D eigenvalue weighted by Crippen LogP contribution is -2.22. The van der Waals surface area contributed by atoms with Crippen molar-refractivity contribution >= 4 is 5.57 Å². The maximum Gasteiger partial charge on any atom is 0.121 e. The number of hydrogen-bond acceptors (Lipinski definition) is 3. The summed E-state index contributed by atoms with van der Waals surface area (Å²) in [6.45, 7) is 4.38. The summed E-state index contributed by atoms with van der Waals surface area (Å²) in [5, 5.41) is 9.60. The molecule has 2 aliphatic heterocycles. The molecule has 0 N–H and O–H groups in total. The molecule has 1 unspecified atom stereocenters. The van der Waals surface area contributed by atoms with Gasteiger partial charge in [-0.3, -0.25) is 0 Å². The molecule has 3 heteroatoms. The summed E-state index contributed by atoms with van der Waals surface area (Å²) in [4.78, 5) is 2.04. The van der Waals surface area contributed by atoms with Crippen LogP contribution in [0.4, 0.5) is 0 Å². The van der Waals surface area contributed by atoms with E-state index in [9.17, 15) is 5.26 Å². The summed E-state index contributed by atoms with van der Waals surface area (Å²) in [5.74, 6) is 1.33.